The zero-order chi connectivity index (χ0) is 105. The van der Waals surface area contributed by atoms with Crippen molar-refractivity contribution >= 4 is 94.1 Å². The average Bonchev–Trinajstić information content (AvgIpc) is 1.06. The number of nitrogens with two attached hydrogens (primary N) is 1. The van der Waals surface area contributed by atoms with Gasteiger partial charge in [0.25, 0.3) is 0 Å². The number of aromatic nitrogens is 2. The van der Waals surface area contributed by atoms with Crippen molar-refractivity contribution in [3.8, 4) is 11.5 Å². The van der Waals surface area contributed by atoms with Gasteiger partial charge in [0.2, 0.25) is 29.5 Å². The number of ether oxygens (including phenoxy) is 2. The first kappa shape index (κ1) is 126. The molecule has 2 aromatic carbocycles. The van der Waals surface area contributed by atoms with E-state index in [9.17, 15) is 92.0 Å². The van der Waals surface area contributed by atoms with Crippen LogP contribution in [0.15, 0.2) is 61.1 Å². The van der Waals surface area contributed by atoms with Crippen molar-refractivity contribution in [2.75, 3.05) is 95.3 Å². The predicted molar refractivity (Wildman–Crippen MR) is 544 cm³/mol. The maximum absolute atomic E-state index is 14.2. The smallest absolute Gasteiger partial charge is 0.335 e. The van der Waals surface area contributed by atoms with Gasteiger partial charge < -0.3 is 66.6 Å². The van der Waals surface area contributed by atoms with Crippen LogP contribution in [0.1, 0.15) is 355 Å². The van der Waals surface area contributed by atoms with E-state index in [1.54, 1.807) is 51.4 Å². The number of ketones is 6. The van der Waals surface area contributed by atoms with E-state index in [0.717, 1.165) is 102 Å². The molecular formula is C106H173N13O23. The number of hydrogen-bond donors (Lipinski definition) is 13. The molecule has 0 saturated carbocycles. The fourth-order valence-electron chi connectivity index (χ4n) is 17.3. The summed E-state index contributed by atoms with van der Waals surface area (Å²) < 4.78 is 11.4. The van der Waals surface area contributed by atoms with Crippen LogP contribution in [0, 0.1) is 17.3 Å². The lowest BCUT2D eigenvalue weighted by atomic mass is 9.78. The number of rotatable bonds is 91. The highest BCUT2D eigenvalue weighted by molar-refractivity contribution is 5.92. The number of carbonyl (C=O) groups is 16. The summed E-state index contributed by atoms with van der Waals surface area (Å²) in [5, 5.41) is 66.7. The fraction of sp³-hybridized carbons (Fsp3) is 0.708. The Labute approximate surface area is 842 Å². The van der Waals surface area contributed by atoms with Crippen LogP contribution in [0.3, 0.4) is 0 Å². The molecule has 14 N–H and O–H groups in total. The molecule has 0 unspecified atom stereocenters. The Kier molecular flexibility index (Phi) is 66.1. The van der Waals surface area contributed by atoms with Gasteiger partial charge >= 0.3 is 29.8 Å². The second-order valence-electron chi connectivity index (χ2n) is 39.4. The third-order valence-electron chi connectivity index (χ3n) is 26.3. The number of benzene rings is 2. The van der Waals surface area contributed by atoms with Gasteiger partial charge in [-0.2, -0.15) is 0 Å². The van der Waals surface area contributed by atoms with Gasteiger partial charge in [-0.3, -0.25) is 88.2 Å². The first-order valence-electron chi connectivity index (χ1n) is 52.1. The van der Waals surface area contributed by atoms with Crippen LogP contribution >= 0.6 is 0 Å². The number of Topliss-reactive ketones (excluding diaryl/α,β-unsaturated/α-hetero) is 6. The molecule has 0 radical (unpaired) electrons. The number of aryl methyl sites for hydroxylation is 1. The molecule has 8 atom stereocenters. The van der Waals surface area contributed by atoms with E-state index in [4.69, 9.17) is 25.5 Å². The van der Waals surface area contributed by atoms with Gasteiger partial charge in [0, 0.05) is 121 Å². The molecule has 36 nitrogen and oxygen atoms in total. The van der Waals surface area contributed by atoms with Gasteiger partial charge in [0.1, 0.15) is 64.3 Å². The summed E-state index contributed by atoms with van der Waals surface area (Å²) >= 11 is 0. The Bertz CT molecular complexity index is 4200. The molecule has 1 aromatic heterocycles. The Balaban J connectivity index is 1.35. The molecule has 0 aliphatic carbocycles. The summed E-state index contributed by atoms with van der Waals surface area (Å²) in [4.78, 5) is 218. The van der Waals surface area contributed by atoms with Crippen molar-refractivity contribution in [3.05, 3.63) is 77.9 Å². The molecule has 800 valence electrons. The number of aromatic carboxylic acids is 2. The lowest BCUT2D eigenvalue weighted by Crippen LogP contribution is -2.48. The number of hydrazine groups is 1. The number of carboxylic acids is 5. The SMILES string of the molecule is CN(C)[C@@H](CCCCNC(=O)CC[C@H](CC(=O)CCCCCCCCCCOc1ccc(C(=O)O)cc1)C(=O)O)C(=O)CCCCC[C@@H](C(=O)NCCCC[C@H](CCC(=O)C(C)(C)CC(=O)CCc1cnc[nH]1)C(=O)CN[C@@H](CCCCNC(=O)[C@H](CCCCNC(=O)[C@H](CCCCCC(=O)CC[C@H](NC(=O)CCCCCCCCCCOc1ccc(C(=O)O)cc1)C(=O)O)N(C)C)N(C)N)C(=O)O)N(C)C. The zero-order valence-corrected chi connectivity index (χ0v) is 86.6. The van der Waals surface area contributed by atoms with Gasteiger partial charge in [-0.25, -0.2) is 24.4 Å². The highest BCUT2D eigenvalue weighted by atomic mass is 16.5. The summed E-state index contributed by atoms with van der Waals surface area (Å²) in [6.45, 7) is 5.52. The largest absolute Gasteiger partial charge is 0.494 e. The molecule has 3 aromatic rings. The number of H-pyrrole nitrogens is 1. The highest BCUT2D eigenvalue weighted by Gasteiger charge is 2.34. The van der Waals surface area contributed by atoms with Crippen molar-refractivity contribution in [1.82, 2.24) is 61.6 Å². The number of amides is 5. The number of nitrogens with zero attached hydrogens (tertiary/aromatic N) is 5. The average molecular weight is 2000 g/mol. The minimum atomic E-state index is -1.19. The molecule has 0 bridgehead atoms. The zero-order valence-electron chi connectivity index (χ0n) is 86.6. The minimum absolute atomic E-state index is 0.00513. The van der Waals surface area contributed by atoms with Crippen molar-refractivity contribution in [2.45, 2.75) is 371 Å². The topological polar surface area (TPSA) is 533 Å². The van der Waals surface area contributed by atoms with E-state index in [1.807, 2.05) is 57.0 Å². The highest BCUT2D eigenvalue weighted by Crippen LogP contribution is 2.29. The van der Waals surface area contributed by atoms with Crippen LogP contribution in [0.5, 0.6) is 11.5 Å². The maximum atomic E-state index is 14.2. The number of aliphatic carboxylic acids is 3. The molecule has 142 heavy (non-hydrogen) atoms. The summed E-state index contributed by atoms with van der Waals surface area (Å²) in [5.74, 6) is -1.51. The number of carbonyl (C=O) groups excluding carboxylic acids is 11. The van der Waals surface area contributed by atoms with E-state index in [0.29, 0.717) is 192 Å². The summed E-state index contributed by atoms with van der Waals surface area (Å²) in [6.07, 6.45) is 30.8. The number of nitrogens with one attached hydrogen (secondary N) is 7. The summed E-state index contributed by atoms with van der Waals surface area (Å²) in [6, 6.07) is 8.50. The summed E-state index contributed by atoms with van der Waals surface area (Å²) in [5.41, 5.74) is 0.208. The van der Waals surface area contributed by atoms with Gasteiger partial charge in [-0.05, 0) is 238 Å². The van der Waals surface area contributed by atoms with Crippen molar-refractivity contribution in [2.24, 2.45) is 23.1 Å². The van der Waals surface area contributed by atoms with E-state index in [2.05, 4.69) is 41.9 Å². The second-order valence-corrected chi connectivity index (χ2v) is 39.4. The summed E-state index contributed by atoms with van der Waals surface area (Å²) in [7, 11) is 12.6. The molecule has 36 heteroatoms. The Morgan fingerprint density at radius 3 is 1.26 bits per heavy atom. The first-order valence-corrected chi connectivity index (χ1v) is 52.1. The van der Waals surface area contributed by atoms with Crippen molar-refractivity contribution < 1.29 is 112 Å². The van der Waals surface area contributed by atoms with Crippen LogP contribution in [0.4, 0.5) is 0 Å². The van der Waals surface area contributed by atoms with Gasteiger partial charge in [-0.1, -0.05) is 123 Å². The molecule has 0 spiro atoms. The van der Waals surface area contributed by atoms with E-state index < -0.39 is 77.3 Å². The van der Waals surface area contributed by atoms with Gasteiger partial charge in [0.15, 0.2) is 0 Å². The third-order valence-corrected chi connectivity index (χ3v) is 26.3. The number of hydrogen-bond acceptors (Lipinski definition) is 25. The van der Waals surface area contributed by atoms with Crippen LogP contribution in [-0.2, 0) is 73.5 Å². The molecule has 0 saturated heterocycles. The van der Waals surface area contributed by atoms with Crippen LogP contribution < -0.4 is 47.2 Å². The van der Waals surface area contributed by atoms with Crippen LogP contribution in [-0.4, -0.2) is 281 Å². The third kappa shape index (κ3) is 57.9. The number of carboxylic acid groups (broad SMARTS) is 5. The Morgan fingerprint density at radius 1 is 0.380 bits per heavy atom. The number of likely N-dealkylation sites (N-methyl/N-ethyl adjacent to an activating group) is 4. The van der Waals surface area contributed by atoms with Crippen LogP contribution in [0.2, 0.25) is 0 Å². The monoisotopic (exact) mass is 2000 g/mol. The quantitative estimate of drug-likeness (QED) is 0.0142. The second kappa shape index (κ2) is 74.6. The number of unbranched alkanes of at least 4 members (excludes halogenated alkanes) is 22. The molecule has 0 aliphatic rings. The minimum Gasteiger partial charge on any atom is -0.494 e. The van der Waals surface area contributed by atoms with Crippen molar-refractivity contribution in [3.63, 3.8) is 0 Å². The van der Waals surface area contributed by atoms with E-state index in [1.165, 1.54) is 35.6 Å². The van der Waals surface area contributed by atoms with E-state index in [-0.39, 0.29) is 172 Å². The molecule has 0 aliphatic heterocycles. The van der Waals surface area contributed by atoms with E-state index >= 15 is 0 Å². The Morgan fingerprint density at radius 2 is 0.796 bits per heavy atom. The first-order chi connectivity index (χ1) is 67.8. The predicted octanol–water partition coefficient (Wildman–Crippen LogP) is 13.4. The Hall–Kier alpha value is -10.3. The molecule has 3 rings (SSSR count). The molecular weight excluding hydrogens is 1820 g/mol. The maximum Gasteiger partial charge on any atom is 0.335 e. The molecule has 5 amide bonds. The van der Waals surface area contributed by atoms with Crippen LogP contribution in [0.25, 0.3) is 0 Å². The number of aromatic amines is 1. The fourth-order valence-corrected chi connectivity index (χ4v) is 17.3. The van der Waals surface area contributed by atoms with Crippen molar-refractivity contribution in [1.29, 1.82) is 0 Å². The lowest BCUT2D eigenvalue weighted by Gasteiger charge is -2.25. The standard InChI is InChI=1S/C106H173N13O23/c1-106(2,73-84(122)57-56-81-74-108-76-114-81)95(125)64-54-77(40-30-34-67-110-98(128)91(118(7)8)46-27-23-28-48-93(123)89(116(3)4)44-32-36-66-109-96(126)65-55-80(103(135)136)72-83(121)42-24-18-14-10-12-16-20-38-70-141-85-59-50-78(51-60-85)101(131)132)94(124)75-113-87(104(137)138)43-31-35-68-112-100(130)92(119(9)107)47-33-37-69-111-99(129)90(117(5)6)45-26-22-25-41-82(120)58-63-88(105(139)140)115-97(127)49-29-19-15-11-13-17-21-39-71-142-86-61-52-79(53-62-86)102(133)134/h50-53,59-62,74,76-77,80,87-92,113H,10-49,54-58,63-73,75,107H2,1-9H3,(H,108,114)(H,109,126)(H,110,128)(H,111,129)(H,112,130)(H,115,127)(H,131,132)(H,133,134)(H,135,136)(H,137,138)(H,139,140)/t77-,80-,87+,88+,89+,90+,91+,92+/m1/s1. The molecule has 0 fully saturated rings. The molecule has 1 heterocycles. The van der Waals surface area contributed by atoms with Gasteiger partial charge in [0.05, 0.1) is 61.3 Å². The van der Waals surface area contributed by atoms with Gasteiger partial charge in [-0.15, -0.1) is 0 Å². The lowest BCUT2D eigenvalue weighted by molar-refractivity contribution is -0.144. The normalized spacial score (nSPS) is 13.3. The number of imidazole rings is 1.